The maximum Gasteiger partial charge on any atom is 0.193 e. The molecule has 0 radical (unpaired) electrons. The lowest BCUT2D eigenvalue weighted by Crippen LogP contribution is -2.40. The first-order valence-corrected chi connectivity index (χ1v) is 8.61. The fourth-order valence-corrected chi connectivity index (χ4v) is 3.01. The largest absolute Gasteiger partial charge is 0.382 e. The molecule has 2 aliphatic heterocycles. The number of nitrogens with one attached hydrogen (secondary N) is 1. The van der Waals surface area contributed by atoms with E-state index in [1.165, 1.54) is 5.57 Å². The molecule has 0 aromatic rings. The highest BCUT2D eigenvalue weighted by Gasteiger charge is 2.24. The first kappa shape index (κ1) is 21.7. The zero-order chi connectivity index (χ0) is 16.3. The molecule has 1 fully saturated rings. The van der Waals surface area contributed by atoms with E-state index in [1.54, 1.807) is 7.11 Å². The summed E-state index contributed by atoms with van der Waals surface area (Å²) < 4.78 is 16.0. The molecule has 140 valence electrons. The SMILES string of the molecule is CN=C(NCCC1=CCOCC1)N1CCC(COCCOC)C1.I. The van der Waals surface area contributed by atoms with Crippen LogP contribution in [0.1, 0.15) is 19.3 Å². The standard InChI is InChI=1S/C17H31N3O3.HI/c1-18-17(19-7-3-15-5-9-22-10-6-15)20-8-4-16(13-20)14-23-12-11-21-2;/h5,16H,3-4,6-14H2,1-2H3,(H,18,19);1H. The van der Waals surface area contributed by atoms with E-state index in [9.17, 15) is 0 Å². The molecule has 0 aliphatic carbocycles. The third-order valence-electron chi connectivity index (χ3n) is 4.37. The summed E-state index contributed by atoms with van der Waals surface area (Å²) in [4.78, 5) is 6.76. The number of rotatable bonds is 8. The van der Waals surface area contributed by atoms with Crippen molar-refractivity contribution >= 4 is 29.9 Å². The summed E-state index contributed by atoms with van der Waals surface area (Å²) in [6.45, 7) is 6.78. The van der Waals surface area contributed by atoms with Crippen molar-refractivity contribution in [1.29, 1.82) is 0 Å². The lowest BCUT2D eigenvalue weighted by molar-refractivity contribution is 0.0536. The van der Waals surface area contributed by atoms with E-state index in [0.717, 1.165) is 64.7 Å². The average molecular weight is 453 g/mol. The van der Waals surface area contributed by atoms with Gasteiger partial charge in [-0.25, -0.2) is 0 Å². The zero-order valence-electron chi connectivity index (χ0n) is 15.0. The Labute approximate surface area is 163 Å². The molecule has 1 N–H and O–H groups in total. The van der Waals surface area contributed by atoms with Crippen molar-refractivity contribution in [3.05, 3.63) is 11.6 Å². The number of likely N-dealkylation sites (tertiary alicyclic amines) is 1. The van der Waals surface area contributed by atoms with Gasteiger partial charge < -0.3 is 24.4 Å². The van der Waals surface area contributed by atoms with Crippen molar-refractivity contribution in [1.82, 2.24) is 10.2 Å². The normalized spacial score (nSPS) is 21.4. The minimum Gasteiger partial charge on any atom is -0.382 e. The molecule has 0 saturated carbocycles. The van der Waals surface area contributed by atoms with Gasteiger partial charge in [0, 0.05) is 39.7 Å². The van der Waals surface area contributed by atoms with Crippen LogP contribution in [0.25, 0.3) is 0 Å². The molecule has 1 atom stereocenters. The Hall–Kier alpha value is -0.380. The van der Waals surface area contributed by atoms with Gasteiger partial charge in [-0.15, -0.1) is 24.0 Å². The van der Waals surface area contributed by atoms with E-state index in [0.29, 0.717) is 19.1 Å². The first-order chi connectivity index (χ1) is 11.3. The van der Waals surface area contributed by atoms with E-state index in [-0.39, 0.29) is 24.0 Å². The van der Waals surface area contributed by atoms with Gasteiger partial charge in [0.25, 0.3) is 0 Å². The molecule has 6 nitrogen and oxygen atoms in total. The Morgan fingerprint density at radius 3 is 3.04 bits per heavy atom. The highest BCUT2D eigenvalue weighted by atomic mass is 127. The molecular weight excluding hydrogens is 421 g/mol. The van der Waals surface area contributed by atoms with Gasteiger partial charge in [-0.2, -0.15) is 0 Å². The van der Waals surface area contributed by atoms with Crippen molar-refractivity contribution in [2.75, 3.05) is 66.8 Å². The van der Waals surface area contributed by atoms with Gasteiger partial charge in [0.1, 0.15) is 0 Å². The molecule has 2 aliphatic rings. The number of methoxy groups -OCH3 is 1. The summed E-state index contributed by atoms with van der Waals surface area (Å²) in [5, 5.41) is 3.49. The van der Waals surface area contributed by atoms with Crippen LogP contribution in [0, 0.1) is 5.92 Å². The highest BCUT2D eigenvalue weighted by molar-refractivity contribution is 14.0. The van der Waals surface area contributed by atoms with Gasteiger partial charge in [-0.05, 0) is 19.3 Å². The maximum absolute atomic E-state index is 5.65. The molecular formula is C17H32IN3O3. The lowest BCUT2D eigenvalue weighted by Gasteiger charge is -2.22. The second-order valence-electron chi connectivity index (χ2n) is 6.08. The minimum absolute atomic E-state index is 0. The fraction of sp³-hybridized carbons (Fsp3) is 0.824. The second kappa shape index (κ2) is 12.9. The Morgan fingerprint density at radius 1 is 1.46 bits per heavy atom. The molecule has 1 unspecified atom stereocenters. The molecule has 2 heterocycles. The van der Waals surface area contributed by atoms with Crippen molar-refractivity contribution in [3.8, 4) is 0 Å². The molecule has 0 amide bonds. The van der Waals surface area contributed by atoms with Crippen molar-refractivity contribution in [3.63, 3.8) is 0 Å². The smallest absolute Gasteiger partial charge is 0.193 e. The molecule has 0 spiro atoms. The van der Waals surface area contributed by atoms with E-state index in [2.05, 4.69) is 21.3 Å². The van der Waals surface area contributed by atoms with Gasteiger partial charge in [0.2, 0.25) is 0 Å². The van der Waals surface area contributed by atoms with Gasteiger partial charge in [-0.3, -0.25) is 4.99 Å². The Bertz CT molecular complexity index is 405. The summed E-state index contributed by atoms with van der Waals surface area (Å²) in [7, 11) is 3.56. The minimum atomic E-state index is 0. The molecule has 2 rings (SSSR count). The Balaban J connectivity index is 0.00000288. The van der Waals surface area contributed by atoms with Crippen LogP contribution in [-0.4, -0.2) is 77.7 Å². The van der Waals surface area contributed by atoms with Crippen LogP contribution in [0.15, 0.2) is 16.6 Å². The van der Waals surface area contributed by atoms with Crippen LogP contribution in [-0.2, 0) is 14.2 Å². The predicted octanol–water partition coefficient (Wildman–Crippen LogP) is 1.90. The Kier molecular flexibility index (Phi) is 11.7. The number of ether oxygens (including phenoxy) is 3. The summed E-state index contributed by atoms with van der Waals surface area (Å²) in [6, 6.07) is 0. The van der Waals surface area contributed by atoms with Gasteiger partial charge in [0.15, 0.2) is 5.96 Å². The molecule has 7 heteroatoms. The summed E-state index contributed by atoms with van der Waals surface area (Å²) in [5.41, 5.74) is 1.49. The second-order valence-corrected chi connectivity index (χ2v) is 6.08. The van der Waals surface area contributed by atoms with Gasteiger partial charge in [0.05, 0.1) is 33.0 Å². The monoisotopic (exact) mass is 453 g/mol. The summed E-state index contributed by atoms with van der Waals surface area (Å²) in [6.07, 6.45) is 5.50. The van der Waals surface area contributed by atoms with Crippen LogP contribution in [0.5, 0.6) is 0 Å². The number of hydrogen-bond donors (Lipinski definition) is 1. The molecule has 0 bridgehead atoms. The van der Waals surface area contributed by atoms with Gasteiger partial charge >= 0.3 is 0 Å². The summed E-state index contributed by atoms with van der Waals surface area (Å²) >= 11 is 0. The molecule has 0 aromatic carbocycles. The highest BCUT2D eigenvalue weighted by Crippen LogP contribution is 2.17. The van der Waals surface area contributed by atoms with E-state index in [1.807, 2.05) is 7.05 Å². The lowest BCUT2D eigenvalue weighted by atomic mass is 10.1. The van der Waals surface area contributed by atoms with Gasteiger partial charge in [-0.1, -0.05) is 11.6 Å². The topological polar surface area (TPSA) is 55.3 Å². The van der Waals surface area contributed by atoms with Crippen molar-refractivity contribution < 1.29 is 14.2 Å². The van der Waals surface area contributed by atoms with Crippen molar-refractivity contribution in [2.24, 2.45) is 10.9 Å². The van der Waals surface area contributed by atoms with E-state index >= 15 is 0 Å². The first-order valence-electron chi connectivity index (χ1n) is 8.61. The van der Waals surface area contributed by atoms with Crippen LogP contribution in [0.2, 0.25) is 0 Å². The third kappa shape index (κ3) is 7.67. The molecule has 1 saturated heterocycles. The number of guanidine groups is 1. The number of halogens is 1. The Morgan fingerprint density at radius 2 is 2.33 bits per heavy atom. The quantitative estimate of drug-likeness (QED) is 0.200. The van der Waals surface area contributed by atoms with E-state index in [4.69, 9.17) is 14.2 Å². The average Bonchev–Trinajstić information content (AvgIpc) is 3.05. The van der Waals surface area contributed by atoms with Crippen molar-refractivity contribution in [2.45, 2.75) is 19.3 Å². The van der Waals surface area contributed by atoms with Crippen LogP contribution in [0.3, 0.4) is 0 Å². The predicted molar refractivity (Wildman–Crippen MR) is 107 cm³/mol. The fourth-order valence-electron chi connectivity index (χ4n) is 3.01. The van der Waals surface area contributed by atoms with Crippen LogP contribution < -0.4 is 5.32 Å². The third-order valence-corrected chi connectivity index (χ3v) is 4.37. The summed E-state index contributed by atoms with van der Waals surface area (Å²) in [5.74, 6) is 1.60. The zero-order valence-corrected chi connectivity index (χ0v) is 17.3. The molecule has 0 aromatic heterocycles. The van der Waals surface area contributed by atoms with E-state index < -0.39 is 0 Å². The maximum atomic E-state index is 5.65. The number of aliphatic imine (C=N–C) groups is 1. The number of nitrogens with zero attached hydrogens (tertiary/aromatic N) is 2. The molecule has 24 heavy (non-hydrogen) atoms. The van der Waals surface area contributed by atoms with Crippen LogP contribution in [0.4, 0.5) is 0 Å². The number of hydrogen-bond acceptors (Lipinski definition) is 4. The van der Waals surface area contributed by atoms with Crippen LogP contribution >= 0.6 is 24.0 Å².